The fourth-order valence-electron chi connectivity index (χ4n) is 3.86. The summed E-state index contributed by atoms with van der Waals surface area (Å²) in [5.41, 5.74) is 13.5. The quantitative estimate of drug-likeness (QED) is 0.118. The number of halogens is 1. The maximum Gasteiger partial charge on any atom is 0.402 e. The van der Waals surface area contributed by atoms with E-state index >= 15 is 0 Å². The minimum absolute atomic E-state index is 0.240. The number of imidazole rings is 2. The van der Waals surface area contributed by atoms with Crippen molar-refractivity contribution in [1.29, 1.82) is 0 Å². The number of aromatic nitrogens is 8. The predicted octanol–water partition coefficient (Wildman–Crippen LogP) is 2.64. The van der Waals surface area contributed by atoms with Gasteiger partial charge in [-0.1, -0.05) is 11.6 Å². The van der Waals surface area contributed by atoms with E-state index in [1.54, 1.807) is 41.4 Å². The highest BCUT2D eigenvalue weighted by atomic mass is 35.5. The molecule has 242 valence electrons. The van der Waals surface area contributed by atoms with Crippen molar-refractivity contribution in [2.75, 3.05) is 24.2 Å². The molecule has 0 aliphatic rings. The lowest BCUT2D eigenvalue weighted by Gasteiger charge is -2.17. The van der Waals surface area contributed by atoms with Gasteiger partial charge in [-0.25, -0.2) is 34.5 Å². The SMILES string of the molecule is C[C@H](Cn1cnc2c(N)ncnc21)OCP(=O)(O)O.C[C@H](Cn1cnc2c(N)ncnc21)OCP(=O)(O)Oc1ccc(Cl)cc1. The number of rotatable bonds is 12. The lowest BCUT2D eigenvalue weighted by atomic mass is 10.3. The van der Waals surface area contributed by atoms with Crippen molar-refractivity contribution in [2.45, 2.75) is 39.1 Å². The molecule has 4 aromatic heterocycles. The van der Waals surface area contributed by atoms with Gasteiger partial charge in [0, 0.05) is 5.02 Å². The Morgan fingerprint density at radius 2 is 1.24 bits per heavy atom. The number of nitrogens with zero attached hydrogens (tertiary/aromatic N) is 8. The van der Waals surface area contributed by atoms with Crippen LogP contribution in [0.2, 0.25) is 5.02 Å². The molecule has 0 bridgehead atoms. The number of hydrogen-bond acceptors (Lipinski definition) is 13. The molecule has 0 aliphatic carbocycles. The molecule has 4 heterocycles. The van der Waals surface area contributed by atoms with E-state index in [0.717, 1.165) is 0 Å². The van der Waals surface area contributed by atoms with Gasteiger partial charge < -0.3 is 49.3 Å². The second-order valence-corrected chi connectivity index (χ2v) is 13.5. The Morgan fingerprint density at radius 1 is 0.778 bits per heavy atom. The first-order chi connectivity index (χ1) is 21.2. The van der Waals surface area contributed by atoms with Gasteiger partial charge in [0.1, 0.15) is 35.8 Å². The van der Waals surface area contributed by atoms with Gasteiger partial charge in [-0.05, 0) is 38.1 Å². The van der Waals surface area contributed by atoms with Crippen LogP contribution in [0.15, 0.2) is 49.6 Å². The van der Waals surface area contributed by atoms with Crippen LogP contribution < -0.4 is 16.0 Å². The van der Waals surface area contributed by atoms with Gasteiger partial charge in [-0.3, -0.25) is 4.57 Å². The normalized spacial score (nSPS) is 14.4. The van der Waals surface area contributed by atoms with Crippen molar-refractivity contribution in [3.8, 4) is 5.75 Å². The van der Waals surface area contributed by atoms with Gasteiger partial charge in [-0.15, -0.1) is 0 Å². The molecule has 3 atom stereocenters. The van der Waals surface area contributed by atoms with Gasteiger partial charge >= 0.3 is 15.2 Å². The first kappa shape index (κ1) is 34.1. The van der Waals surface area contributed by atoms with Crippen LogP contribution in [0.3, 0.4) is 0 Å². The van der Waals surface area contributed by atoms with E-state index < -0.39 is 40.1 Å². The van der Waals surface area contributed by atoms with Gasteiger partial charge in [-0.2, -0.15) is 0 Å². The Bertz CT molecular complexity index is 1830. The van der Waals surface area contributed by atoms with Crippen LogP contribution in [0.4, 0.5) is 11.6 Å². The molecule has 0 radical (unpaired) electrons. The molecule has 0 spiro atoms. The third kappa shape index (κ3) is 9.88. The van der Waals surface area contributed by atoms with Crippen molar-refractivity contribution < 1.29 is 37.8 Å². The number of fused-ring (bicyclic) bond motifs is 2. The molecule has 21 heteroatoms. The largest absolute Gasteiger partial charge is 0.423 e. The number of anilines is 2. The molecule has 5 rings (SSSR count). The van der Waals surface area contributed by atoms with E-state index in [0.29, 0.717) is 46.3 Å². The molecule has 0 saturated heterocycles. The van der Waals surface area contributed by atoms with Crippen molar-refractivity contribution in [1.82, 2.24) is 39.0 Å². The minimum atomic E-state index is -4.16. The monoisotopic (exact) mass is 684 g/mol. The molecular weight excluding hydrogens is 654 g/mol. The smallest absolute Gasteiger partial charge is 0.402 e. The summed E-state index contributed by atoms with van der Waals surface area (Å²) in [5.74, 6) is 0.815. The summed E-state index contributed by atoms with van der Waals surface area (Å²) in [7, 11) is -8.12. The number of nitrogen functional groups attached to an aromatic ring is 2. The van der Waals surface area contributed by atoms with E-state index in [2.05, 4.69) is 29.9 Å². The average Bonchev–Trinajstić information content (AvgIpc) is 3.58. The van der Waals surface area contributed by atoms with Crippen LogP contribution in [0.1, 0.15) is 13.8 Å². The van der Waals surface area contributed by atoms with Gasteiger partial charge in [0.2, 0.25) is 0 Å². The number of benzene rings is 1. The van der Waals surface area contributed by atoms with Crippen LogP contribution in [0.5, 0.6) is 5.75 Å². The highest BCUT2D eigenvalue weighted by Crippen LogP contribution is 2.43. The van der Waals surface area contributed by atoms with Crippen LogP contribution in [0, 0.1) is 0 Å². The summed E-state index contributed by atoms with van der Waals surface area (Å²) >= 11 is 5.77. The summed E-state index contributed by atoms with van der Waals surface area (Å²) in [4.78, 5) is 51.6. The van der Waals surface area contributed by atoms with Gasteiger partial charge in [0.15, 0.2) is 29.3 Å². The van der Waals surface area contributed by atoms with Gasteiger partial charge in [0.25, 0.3) is 0 Å². The minimum Gasteiger partial charge on any atom is -0.423 e. The zero-order chi connectivity index (χ0) is 32.8. The van der Waals surface area contributed by atoms with Crippen molar-refractivity contribution in [3.05, 3.63) is 54.6 Å². The maximum absolute atomic E-state index is 12.2. The Hall–Kier alpha value is -3.73. The zero-order valence-electron chi connectivity index (χ0n) is 24.0. The summed E-state index contributed by atoms with van der Waals surface area (Å²) in [6, 6.07) is 6.16. The van der Waals surface area contributed by atoms with E-state index in [9.17, 15) is 14.0 Å². The summed E-state index contributed by atoms with van der Waals surface area (Å²) in [6.45, 7) is 4.19. The van der Waals surface area contributed by atoms with Crippen LogP contribution in [0.25, 0.3) is 22.3 Å². The molecule has 0 aliphatic heterocycles. The number of nitrogens with two attached hydrogens (primary N) is 2. The molecular formula is C24H31ClN10O8P2. The second-order valence-electron chi connectivity index (χ2n) is 9.72. The maximum atomic E-state index is 12.2. The molecule has 18 nitrogen and oxygen atoms in total. The van der Waals surface area contributed by atoms with E-state index in [4.69, 9.17) is 46.9 Å². The molecule has 45 heavy (non-hydrogen) atoms. The fraction of sp³-hybridized carbons (Fsp3) is 0.333. The Balaban J connectivity index is 0.000000215. The molecule has 7 N–H and O–H groups in total. The molecule has 5 aromatic rings. The van der Waals surface area contributed by atoms with Crippen molar-refractivity contribution >= 4 is 60.8 Å². The lowest BCUT2D eigenvalue weighted by Crippen LogP contribution is -2.18. The second kappa shape index (κ2) is 14.6. The summed E-state index contributed by atoms with van der Waals surface area (Å²) < 4.78 is 41.9. The van der Waals surface area contributed by atoms with E-state index in [1.165, 1.54) is 31.1 Å². The standard InChI is InChI=1S/C15H17ClN5O4P.C9H14N5O4P/c1-10(6-21-8-20-13-14(17)18-7-19-15(13)21)24-9-26(22,23)25-12-4-2-11(16)3-5-12;1-6(18-5-19(15,16)17)2-14-4-13-7-8(10)11-3-12-9(7)14/h2-5,7-8,10H,6,9H2,1H3,(H,22,23)(H2,17,18,19);3-4,6H,2,5H2,1H3,(H2,10,11,12)(H2,15,16,17)/t10-;6-/m11/s1. The molecule has 1 aromatic carbocycles. The average molecular weight is 685 g/mol. The first-order valence-corrected chi connectivity index (χ1v) is 17.0. The molecule has 1 unspecified atom stereocenters. The predicted molar refractivity (Wildman–Crippen MR) is 164 cm³/mol. The Kier molecular flexibility index (Phi) is 11.1. The molecule has 0 saturated carbocycles. The van der Waals surface area contributed by atoms with Gasteiger partial charge in [0.05, 0.1) is 38.0 Å². The fourth-order valence-corrected chi connectivity index (χ4v) is 5.38. The number of hydrogen-bond donors (Lipinski definition) is 5. The van der Waals surface area contributed by atoms with Crippen LogP contribution >= 0.6 is 26.8 Å². The Morgan fingerprint density at radius 3 is 1.71 bits per heavy atom. The summed E-state index contributed by atoms with van der Waals surface area (Å²) in [6.07, 6.45) is 3.92. The van der Waals surface area contributed by atoms with Crippen LogP contribution in [-0.4, -0.2) is 78.6 Å². The Labute approximate surface area is 261 Å². The number of ether oxygens (including phenoxy) is 2. The van der Waals surface area contributed by atoms with E-state index in [1.807, 2.05) is 0 Å². The molecule has 0 fully saturated rings. The van der Waals surface area contributed by atoms with Crippen LogP contribution in [-0.2, 0) is 31.7 Å². The highest BCUT2D eigenvalue weighted by Gasteiger charge is 2.23. The topological polar surface area (TPSA) is 262 Å². The molecule has 0 amide bonds. The van der Waals surface area contributed by atoms with Crippen molar-refractivity contribution in [3.63, 3.8) is 0 Å². The third-order valence-corrected chi connectivity index (χ3v) is 7.59. The lowest BCUT2D eigenvalue weighted by molar-refractivity contribution is 0.0764. The van der Waals surface area contributed by atoms with Crippen molar-refractivity contribution in [2.24, 2.45) is 0 Å². The summed E-state index contributed by atoms with van der Waals surface area (Å²) in [5, 5.41) is 0.506. The zero-order valence-corrected chi connectivity index (χ0v) is 26.5. The highest BCUT2D eigenvalue weighted by molar-refractivity contribution is 7.53. The third-order valence-electron chi connectivity index (χ3n) is 5.88. The first-order valence-electron chi connectivity index (χ1n) is 13.1. The van der Waals surface area contributed by atoms with E-state index in [-0.39, 0.29) is 11.6 Å².